The summed E-state index contributed by atoms with van der Waals surface area (Å²) in [5.74, 6) is 0.665. The molecule has 0 bridgehead atoms. The molecule has 0 atom stereocenters. The molecule has 4 heteroatoms. The molecule has 0 fully saturated rings. The third-order valence-corrected chi connectivity index (χ3v) is 4.01. The molecular weight excluding hydrogens is 266 g/mol. The molecule has 1 aromatic carbocycles. The van der Waals surface area contributed by atoms with Gasteiger partial charge in [0.05, 0.1) is 6.61 Å². The molecule has 4 nitrogen and oxygen atoms in total. The van der Waals surface area contributed by atoms with Crippen molar-refractivity contribution in [3.05, 3.63) is 41.5 Å². The van der Waals surface area contributed by atoms with E-state index in [-0.39, 0.29) is 11.8 Å². The molecule has 0 saturated carbocycles. The molecule has 0 unspecified atom stereocenters. The fourth-order valence-electron chi connectivity index (χ4n) is 2.93. The van der Waals surface area contributed by atoms with E-state index in [1.165, 1.54) is 4.90 Å². The molecule has 0 radical (unpaired) electrons. The zero-order valence-electron chi connectivity index (χ0n) is 12.0. The van der Waals surface area contributed by atoms with E-state index in [1.807, 2.05) is 30.3 Å². The van der Waals surface area contributed by atoms with Gasteiger partial charge in [-0.1, -0.05) is 18.2 Å². The molecule has 2 amide bonds. The number of amides is 2. The summed E-state index contributed by atoms with van der Waals surface area (Å²) >= 11 is 0. The minimum Gasteiger partial charge on any atom is -0.494 e. The molecule has 110 valence electrons. The molecular formula is C17H19NO3. The highest BCUT2D eigenvalue weighted by molar-refractivity contribution is 6.19. The van der Waals surface area contributed by atoms with Crippen LogP contribution in [-0.2, 0) is 9.59 Å². The zero-order chi connectivity index (χ0) is 14.7. The highest BCUT2D eigenvalue weighted by Gasteiger charge is 2.38. The Morgan fingerprint density at radius 3 is 2.19 bits per heavy atom. The van der Waals surface area contributed by atoms with Crippen LogP contribution in [0.3, 0.4) is 0 Å². The number of nitrogens with zero attached hydrogens (tertiary/aromatic N) is 1. The van der Waals surface area contributed by atoms with Crippen LogP contribution in [0.15, 0.2) is 41.5 Å². The van der Waals surface area contributed by atoms with Crippen LogP contribution < -0.4 is 4.74 Å². The predicted molar refractivity (Wildman–Crippen MR) is 78.8 cm³/mol. The number of rotatable bonds is 5. The van der Waals surface area contributed by atoms with Gasteiger partial charge in [0, 0.05) is 17.7 Å². The Bertz CT molecular complexity index is 549. The summed E-state index contributed by atoms with van der Waals surface area (Å²) < 4.78 is 5.59. The van der Waals surface area contributed by atoms with Gasteiger partial charge in [-0.3, -0.25) is 14.5 Å². The number of carbonyl (C=O) groups is 2. The highest BCUT2D eigenvalue weighted by atomic mass is 16.5. The quantitative estimate of drug-likeness (QED) is 0.617. The number of para-hydroxylation sites is 1. The zero-order valence-corrected chi connectivity index (χ0v) is 12.0. The Hall–Kier alpha value is -2.10. The van der Waals surface area contributed by atoms with Crippen LogP contribution in [0.1, 0.15) is 32.1 Å². The third-order valence-electron chi connectivity index (χ3n) is 4.01. The van der Waals surface area contributed by atoms with Gasteiger partial charge in [0.15, 0.2) is 0 Å². The van der Waals surface area contributed by atoms with Gasteiger partial charge in [-0.05, 0) is 44.2 Å². The molecule has 3 rings (SSSR count). The van der Waals surface area contributed by atoms with Gasteiger partial charge >= 0.3 is 0 Å². The Morgan fingerprint density at radius 2 is 1.57 bits per heavy atom. The van der Waals surface area contributed by atoms with Gasteiger partial charge in [-0.25, -0.2) is 0 Å². The topological polar surface area (TPSA) is 46.6 Å². The molecule has 1 aromatic rings. The maximum Gasteiger partial charge on any atom is 0.257 e. The lowest BCUT2D eigenvalue weighted by Crippen LogP contribution is -2.33. The number of ether oxygens (including phenoxy) is 1. The first-order chi connectivity index (χ1) is 10.3. The van der Waals surface area contributed by atoms with Crippen LogP contribution >= 0.6 is 0 Å². The molecule has 21 heavy (non-hydrogen) atoms. The van der Waals surface area contributed by atoms with Crippen LogP contribution in [0, 0.1) is 0 Å². The number of imide groups is 1. The molecule has 0 spiro atoms. The smallest absolute Gasteiger partial charge is 0.257 e. The van der Waals surface area contributed by atoms with E-state index in [1.54, 1.807) is 0 Å². The van der Waals surface area contributed by atoms with Crippen molar-refractivity contribution in [2.24, 2.45) is 0 Å². The van der Waals surface area contributed by atoms with Gasteiger partial charge in [0.1, 0.15) is 5.75 Å². The van der Waals surface area contributed by atoms with Gasteiger partial charge in [0.2, 0.25) is 0 Å². The van der Waals surface area contributed by atoms with Crippen LogP contribution in [0.25, 0.3) is 0 Å². The highest BCUT2D eigenvalue weighted by Crippen LogP contribution is 2.32. The van der Waals surface area contributed by atoms with Crippen molar-refractivity contribution < 1.29 is 14.3 Å². The average Bonchev–Trinajstić information content (AvgIpc) is 2.77. The lowest BCUT2D eigenvalue weighted by atomic mass is 9.93. The SMILES string of the molecule is O=C1C2=C(CCCC2)C(=O)N1CCCOc1ccccc1. The lowest BCUT2D eigenvalue weighted by Gasteiger charge is -2.15. The van der Waals surface area contributed by atoms with Crippen molar-refractivity contribution in [3.63, 3.8) is 0 Å². The van der Waals surface area contributed by atoms with Crippen molar-refractivity contribution in [3.8, 4) is 5.75 Å². The monoisotopic (exact) mass is 285 g/mol. The second kappa shape index (κ2) is 6.12. The number of carbonyl (C=O) groups excluding carboxylic acids is 2. The van der Waals surface area contributed by atoms with E-state index in [0.29, 0.717) is 19.6 Å². The lowest BCUT2D eigenvalue weighted by molar-refractivity contribution is -0.137. The van der Waals surface area contributed by atoms with Gasteiger partial charge in [0.25, 0.3) is 11.8 Å². The molecule has 0 saturated heterocycles. The maximum absolute atomic E-state index is 12.2. The van der Waals surface area contributed by atoms with E-state index in [0.717, 1.165) is 42.6 Å². The summed E-state index contributed by atoms with van der Waals surface area (Å²) in [5, 5.41) is 0. The Morgan fingerprint density at radius 1 is 0.952 bits per heavy atom. The normalized spacial score (nSPS) is 18.2. The standard InChI is InChI=1S/C17H19NO3/c19-16-14-9-4-5-10-15(14)17(20)18(16)11-6-12-21-13-7-2-1-3-8-13/h1-3,7-8H,4-6,9-12H2. The van der Waals surface area contributed by atoms with Crippen molar-refractivity contribution >= 4 is 11.8 Å². The fraction of sp³-hybridized carbons (Fsp3) is 0.412. The number of benzene rings is 1. The summed E-state index contributed by atoms with van der Waals surface area (Å²) in [5.41, 5.74) is 1.52. The third kappa shape index (κ3) is 2.84. The summed E-state index contributed by atoms with van der Waals surface area (Å²) in [4.78, 5) is 25.8. The molecule has 2 aliphatic rings. The second-order valence-corrected chi connectivity index (χ2v) is 5.44. The Labute approximate surface area is 124 Å². The van der Waals surface area contributed by atoms with Crippen LogP contribution in [0.5, 0.6) is 5.75 Å². The number of hydrogen-bond donors (Lipinski definition) is 0. The van der Waals surface area contributed by atoms with Crippen LogP contribution in [0.4, 0.5) is 0 Å². The van der Waals surface area contributed by atoms with Crippen molar-refractivity contribution in [1.82, 2.24) is 4.90 Å². The molecule has 0 aromatic heterocycles. The summed E-state index contributed by atoms with van der Waals surface area (Å²) in [6, 6.07) is 9.56. The van der Waals surface area contributed by atoms with E-state index in [4.69, 9.17) is 4.74 Å². The predicted octanol–water partition coefficient (Wildman–Crippen LogP) is 2.69. The van der Waals surface area contributed by atoms with Gasteiger partial charge in [-0.15, -0.1) is 0 Å². The summed E-state index contributed by atoms with van der Waals surface area (Å²) in [6.07, 6.45) is 4.21. The minimum atomic E-state index is -0.0746. The summed E-state index contributed by atoms with van der Waals surface area (Å²) in [7, 11) is 0. The van der Waals surface area contributed by atoms with Crippen LogP contribution in [0.2, 0.25) is 0 Å². The number of hydrogen-bond acceptors (Lipinski definition) is 3. The van der Waals surface area contributed by atoms with E-state index in [2.05, 4.69) is 0 Å². The first-order valence-electron chi connectivity index (χ1n) is 7.53. The van der Waals surface area contributed by atoms with Gasteiger partial charge in [-0.2, -0.15) is 0 Å². The average molecular weight is 285 g/mol. The maximum atomic E-state index is 12.2. The Balaban J connectivity index is 1.50. The first-order valence-corrected chi connectivity index (χ1v) is 7.53. The fourth-order valence-corrected chi connectivity index (χ4v) is 2.93. The van der Waals surface area contributed by atoms with Crippen molar-refractivity contribution in [2.45, 2.75) is 32.1 Å². The summed E-state index contributed by atoms with van der Waals surface area (Å²) in [6.45, 7) is 0.948. The van der Waals surface area contributed by atoms with Crippen molar-refractivity contribution in [2.75, 3.05) is 13.2 Å². The molecule has 0 N–H and O–H groups in total. The molecule has 1 aliphatic carbocycles. The van der Waals surface area contributed by atoms with Gasteiger partial charge < -0.3 is 4.74 Å². The minimum absolute atomic E-state index is 0.0746. The Kier molecular flexibility index (Phi) is 4.04. The van der Waals surface area contributed by atoms with E-state index < -0.39 is 0 Å². The first kappa shape index (κ1) is 13.9. The molecule has 1 aliphatic heterocycles. The van der Waals surface area contributed by atoms with Crippen LogP contribution in [-0.4, -0.2) is 29.9 Å². The van der Waals surface area contributed by atoms with E-state index >= 15 is 0 Å². The van der Waals surface area contributed by atoms with Crippen molar-refractivity contribution in [1.29, 1.82) is 0 Å². The van der Waals surface area contributed by atoms with E-state index in [9.17, 15) is 9.59 Å². The second-order valence-electron chi connectivity index (χ2n) is 5.44. The molecule has 1 heterocycles. The largest absolute Gasteiger partial charge is 0.494 e.